The molecule has 0 N–H and O–H groups in total. The number of carbonyl (C=O) groups is 1. The Hall–Kier alpha value is -1.92. The second kappa shape index (κ2) is 10.6. The zero-order valence-corrected chi connectivity index (χ0v) is 15.9. The summed E-state index contributed by atoms with van der Waals surface area (Å²) in [5, 5.41) is 0. The van der Waals surface area contributed by atoms with E-state index in [1.165, 1.54) is 6.07 Å². The molecule has 1 heterocycles. The molecule has 0 radical (unpaired) electrons. The lowest BCUT2D eigenvalue weighted by Gasteiger charge is -2.18. The van der Waals surface area contributed by atoms with Gasteiger partial charge in [-0.15, -0.1) is 0 Å². The third-order valence-corrected chi connectivity index (χ3v) is 4.40. The fourth-order valence-electron chi connectivity index (χ4n) is 2.43. The molecule has 0 spiro atoms. The normalized spacial score (nSPS) is 22.3. The molecule has 0 aliphatic carbocycles. The summed E-state index contributed by atoms with van der Waals surface area (Å²) in [6, 6.07) is 3.93. The first-order valence-corrected chi connectivity index (χ1v) is 9.14. The van der Waals surface area contributed by atoms with E-state index in [0.717, 1.165) is 12.1 Å². The van der Waals surface area contributed by atoms with E-state index in [0.29, 0.717) is 12.5 Å². The van der Waals surface area contributed by atoms with Gasteiger partial charge in [0.25, 0.3) is 0 Å². The van der Waals surface area contributed by atoms with Crippen LogP contribution in [0.2, 0.25) is 0 Å². The third kappa shape index (κ3) is 7.24. The van der Waals surface area contributed by atoms with Crippen molar-refractivity contribution in [3.8, 4) is 5.75 Å². The van der Waals surface area contributed by atoms with Crippen molar-refractivity contribution in [3.05, 3.63) is 41.2 Å². The minimum atomic E-state index is -4.54. The number of benzene rings is 1. The largest absolute Gasteiger partial charge is 0.513 e. The highest BCUT2D eigenvalue weighted by molar-refractivity contribution is 7.26. The fourth-order valence-corrected chi connectivity index (χ4v) is 3.05. The summed E-state index contributed by atoms with van der Waals surface area (Å²) >= 11 is 0. The van der Waals surface area contributed by atoms with E-state index in [9.17, 15) is 18.0 Å². The molecule has 0 amide bonds. The maximum absolute atomic E-state index is 12.7. The third-order valence-electron chi connectivity index (χ3n) is 3.68. The van der Waals surface area contributed by atoms with E-state index in [2.05, 4.69) is 4.85 Å². The molecule has 154 valence electrons. The van der Waals surface area contributed by atoms with Gasteiger partial charge in [-0.2, -0.15) is 13.2 Å². The smallest absolute Gasteiger partial charge is 0.431 e. The van der Waals surface area contributed by atoms with Crippen LogP contribution in [0.15, 0.2) is 24.3 Å². The van der Waals surface area contributed by atoms with Crippen LogP contribution >= 0.6 is 9.03 Å². The van der Waals surface area contributed by atoms with Crippen LogP contribution in [-0.4, -0.2) is 44.2 Å². The van der Waals surface area contributed by atoms with Crippen LogP contribution in [0.1, 0.15) is 18.9 Å². The monoisotopic (exact) mass is 421 g/mol. The van der Waals surface area contributed by atoms with Crippen molar-refractivity contribution in [3.63, 3.8) is 0 Å². The lowest BCUT2D eigenvalue weighted by Crippen LogP contribution is -2.29. The Labute approximate surface area is 161 Å². The van der Waals surface area contributed by atoms with Crippen molar-refractivity contribution in [1.29, 1.82) is 0 Å². The van der Waals surface area contributed by atoms with E-state index in [1.54, 1.807) is 0 Å². The standard InChI is InChI=1S/C17H19F3NO6P/c1-11-8-14(27-28-24-7-6-21-2)15(25-11)10-23-16(22)26-13-5-3-4-12(9-13)17(18,19)20/h3-5,9,11,14-15,28H,6-8,10H2,1H3/t11-,14?,15+/m0/s1. The molecule has 1 fully saturated rings. The Morgan fingerprint density at radius 1 is 1.43 bits per heavy atom. The van der Waals surface area contributed by atoms with Gasteiger partial charge in [0, 0.05) is 6.42 Å². The molecule has 1 saturated heterocycles. The topological polar surface area (TPSA) is 67.6 Å². The molecule has 0 bridgehead atoms. The average Bonchev–Trinajstić information content (AvgIpc) is 2.99. The van der Waals surface area contributed by atoms with Crippen LogP contribution in [0.4, 0.5) is 18.0 Å². The Balaban J connectivity index is 1.80. The van der Waals surface area contributed by atoms with Gasteiger partial charge < -0.3 is 28.1 Å². The molecule has 28 heavy (non-hydrogen) atoms. The number of nitrogens with zero attached hydrogens (tertiary/aromatic N) is 1. The van der Waals surface area contributed by atoms with Crippen LogP contribution in [-0.2, 0) is 24.7 Å². The first-order valence-electron chi connectivity index (χ1n) is 8.32. The number of rotatable bonds is 8. The van der Waals surface area contributed by atoms with Crippen molar-refractivity contribution in [1.82, 2.24) is 0 Å². The maximum atomic E-state index is 12.7. The summed E-state index contributed by atoms with van der Waals surface area (Å²) in [5.41, 5.74) is -0.932. The molecule has 1 aliphatic rings. The maximum Gasteiger partial charge on any atom is 0.513 e. The zero-order chi connectivity index (χ0) is 20.6. The van der Waals surface area contributed by atoms with E-state index in [-0.39, 0.29) is 46.8 Å². The highest BCUT2D eigenvalue weighted by atomic mass is 31.1. The molecular weight excluding hydrogens is 402 g/mol. The molecule has 4 atom stereocenters. The minimum absolute atomic E-state index is 0.119. The second-order valence-corrected chi connectivity index (χ2v) is 6.57. The van der Waals surface area contributed by atoms with E-state index < -0.39 is 24.0 Å². The van der Waals surface area contributed by atoms with Crippen LogP contribution in [0.3, 0.4) is 0 Å². The molecule has 1 aliphatic heterocycles. The van der Waals surface area contributed by atoms with Crippen molar-refractivity contribution in [2.24, 2.45) is 0 Å². The second-order valence-electron chi connectivity index (χ2n) is 5.88. The van der Waals surface area contributed by atoms with Crippen molar-refractivity contribution in [2.75, 3.05) is 19.8 Å². The summed E-state index contributed by atoms with van der Waals surface area (Å²) in [4.78, 5) is 14.9. The first kappa shape index (κ1) is 22.4. The molecule has 1 aromatic rings. The Morgan fingerprint density at radius 3 is 2.93 bits per heavy atom. The van der Waals surface area contributed by atoms with Gasteiger partial charge in [-0.25, -0.2) is 11.4 Å². The van der Waals surface area contributed by atoms with Gasteiger partial charge in [0.15, 0.2) is 9.03 Å². The number of carbonyl (C=O) groups excluding carboxylic acids is 1. The van der Waals surface area contributed by atoms with Gasteiger partial charge in [0.05, 0.1) is 17.8 Å². The predicted molar refractivity (Wildman–Crippen MR) is 93.0 cm³/mol. The summed E-state index contributed by atoms with van der Waals surface area (Å²) in [6.07, 6.45) is -6.17. The lowest BCUT2D eigenvalue weighted by molar-refractivity contribution is -0.137. The molecule has 7 nitrogen and oxygen atoms in total. The molecule has 11 heteroatoms. The number of halogens is 3. The van der Waals surface area contributed by atoms with Crippen LogP contribution in [0, 0.1) is 6.57 Å². The van der Waals surface area contributed by atoms with Crippen molar-refractivity contribution < 1.29 is 41.2 Å². The summed E-state index contributed by atoms with van der Waals surface area (Å²) in [6.45, 7) is 8.80. The van der Waals surface area contributed by atoms with Gasteiger partial charge in [-0.1, -0.05) is 6.07 Å². The van der Waals surface area contributed by atoms with Gasteiger partial charge in [-0.3, -0.25) is 0 Å². The van der Waals surface area contributed by atoms with E-state index in [1.807, 2.05) is 6.92 Å². The molecule has 2 rings (SSSR count). The minimum Gasteiger partial charge on any atom is -0.431 e. The number of hydrogen-bond donors (Lipinski definition) is 0. The van der Waals surface area contributed by atoms with Gasteiger partial charge in [0.2, 0.25) is 6.54 Å². The van der Waals surface area contributed by atoms with Crippen LogP contribution in [0.5, 0.6) is 5.75 Å². The van der Waals surface area contributed by atoms with Gasteiger partial charge in [-0.05, 0) is 25.1 Å². The van der Waals surface area contributed by atoms with E-state index >= 15 is 0 Å². The first-order chi connectivity index (χ1) is 13.3. The van der Waals surface area contributed by atoms with Gasteiger partial charge >= 0.3 is 12.3 Å². The lowest BCUT2D eigenvalue weighted by atomic mass is 10.1. The number of hydrogen-bond acceptors (Lipinski definition) is 6. The molecule has 0 saturated carbocycles. The van der Waals surface area contributed by atoms with Crippen molar-refractivity contribution >= 4 is 15.2 Å². The van der Waals surface area contributed by atoms with Crippen molar-refractivity contribution in [2.45, 2.75) is 37.8 Å². The quantitative estimate of drug-likeness (QED) is 0.206. The summed E-state index contributed by atoms with van der Waals surface area (Å²) < 4.78 is 64.1. The highest BCUT2D eigenvalue weighted by Crippen LogP contribution is 2.32. The zero-order valence-electron chi connectivity index (χ0n) is 14.9. The Morgan fingerprint density at radius 2 is 2.21 bits per heavy atom. The fraction of sp³-hybridized carbons (Fsp3) is 0.529. The summed E-state index contributed by atoms with van der Waals surface area (Å²) in [7, 11) is -0.280. The summed E-state index contributed by atoms with van der Waals surface area (Å²) in [5.74, 6) is -0.275. The molecule has 1 aromatic carbocycles. The SMILES string of the molecule is [C-]#[N+]CCOPOC1C[C@H](C)O[C@@H]1COC(=O)Oc1cccc(C(F)(F)F)c1. The predicted octanol–water partition coefficient (Wildman–Crippen LogP) is 4.23. The average molecular weight is 421 g/mol. The van der Waals surface area contributed by atoms with Crippen LogP contribution < -0.4 is 4.74 Å². The Kier molecular flexibility index (Phi) is 8.45. The van der Waals surface area contributed by atoms with E-state index in [4.69, 9.17) is 29.8 Å². The van der Waals surface area contributed by atoms with Crippen LogP contribution in [0.25, 0.3) is 4.85 Å². The molecule has 2 unspecified atom stereocenters. The number of ether oxygens (including phenoxy) is 3. The Bertz CT molecular complexity index is 696. The molecular formula is C17H19F3NO6P. The molecule has 0 aromatic heterocycles. The van der Waals surface area contributed by atoms with Gasteiger partial charge in [0.1, 0.15) is 25.1 Å². The number of alkyl halides is 3. The highest BCUT2D eigenvalue weighted by Gasteiger charge is 2.35.